The number of hydrogen-bond donors (Lipinski definition) is 2. The van der Waals surface area contributed by atoms with Crippen LogP contribution in [0, 0.1) is 6.92 Å². The number of aliphatic imine (C=N–C) groups is 1. The fourth-order valence-electron chi connectivity index (χ4n) is 3.10. The molecule has 0 bridgehead atoms. The zero-order chi connectivity index (χ0) is 17.6. The normalized spacial score (nSPS) is 14.8. The first-order chi connectivity index (χ1) is 12.1. The number of fused-ring (bicyclic) bond motifs is 1. The molecule has 4 nitrogen and oxygen atoms in total. The van der Waals surface area contributed by atoms with Crippen molar-refractivity contribution in [1.82, 2.24) is 10.6 Å². The van der Waals surface area contributed by atoms with Gasteiger partial charge in [0.05, 0.1) is 6.61 Å². The maximum atomic E-state index is 5.56. The fraction of sp³-hybridized carbons (Fsp3) is 0.450. The topological polar surface area (TPSA) is 45.7 Å². The predicted molar refractivity (Wildman–Crippen MR) is 106 cm³/mol. The lowest BCUT2D eigenvalue weighted by molar-refractivity contribution is 0.357. The van der Waals surface area contributed by atoms with Crippen LogP contribution in [0.5, 0.6) is 5.75 Å². The summed E-state index contributed by atoms with van der Waals surface area (Å²) >= 11 is 1.87. The van der Waals surface area contributed by atoms with Crippen molar-refractivity contribution in [2.24, 2.45) is 4.99 Å². The van der Waals surface area contributed by atoms with Crippen LogP contribution >= 0.6 is 11.3 Å². The van der Waals surface area contributed by atoms with Crippen LogP contribution in [-0.4, -0.2) is 32.2 Å². The Kier molecular flexibility index (Phi) is 5.97. The van der Waals surface area contributed by atoms with E-state index in [4.69, 9.17) is 4.74 Å². The van der Waals surface area contributed by atoms with E-state index in [9.17, 15) is 0 Å². The highest BCUT2D eigenvalue weighted by Gasteiger charge is 2.12. The Bertz CT molecular complexity index is 738. The minimum Gasteiger partial charge on any atom is -0.493 e. The molecule has 0 radical (unpaired) electrons. The van der Waals surface area contributed by atoms with E-state index < -0.39 is 0 Å². The first-order valence-electron chi connectivity index (χ1n) is 8.91. The van der Waals surface area contributed by atoms with Crippen molar-refractivity contribution in [3.8, 4) is 5.75 Å². The Labute approximate surface area is 154 Å². The van der Waals surface area contributed by atoms with Gasteiger partial charge in [0, 0.05) is 42.2 Å². The van der Waals surface area contributed by atoms with Crippen molar-refractivity contribution in [3.63, 3.8) is 0 Å². The van der Waals surface area contributed by atoms with Crippen molar-refractivity contribution in [1.29, 1.82) is 0 Å². The number of nitrogens with zero attached hydrogens (tertiary/aromatic N) is 1. The van der Waals surface area contributed by atoms with Gasteiger partial charge in [0.2, 0.25) is 0 Å². The standard InChI is InChI=1S/C20H27N3OS/c1-14(12-18-6-4-15(2)25-18)23-20(21-3)22-10-8-16-5-7-19-17(13-16)9-11-24-19/h4-7,13-14H,8-12H2,1-3H3,(H2,21,22,23). The molecule has 0 saturated carbocycles. The van der Waals surface area contributed by atoms with Gasteiger partial charge in [0.15, 0.2) is 5.96 Å². The second-order valence-corrected chi connectivity index (χ2v) is 7.92. The third kappa shape index (κ3) is 4.98. The van der Waals surface area contributed by atoms with Gasteiger partial charge in [-0.05, 0) is 49.6 Å². The molecule has 1 atom stereocenters. The van der Waals surface area contributed by atoms with Crippen molar-refractivity contribution in [2.75, 3.05) is 20.2 Å². The molecule has 134 valence electrons. The molecule has 0 aliphatic carbocycles. The molecule has 25 heavy (non-hydrogen) atoms. The Balaban J connectivity index is 1.44. The molecular formula is C20H27N3OS. The van der Waals surface area contributed by atoms with Crippen LogP contribution in [0.3, 0.4) is 0 Å². The van der Waals surface area contributed by atoms with Crippen LogP contribution in [-0.2, 0) is 19.3 Å². The maximum Gasteiger partial charge on any atom is 0.191 e. The number of aryl methyl sites for hydroxylation is 1. The van der Waals surface area contributed by atoms with Gasteiger partial charge in [-0.1, -0.05) is 12.1 Å². The Morgan fingerprint density at radius 2 is 2.20 bits per heavy atom. The number of rotatable bonds is 6. The van der Waals surface area contributed by atoms with E-state index in [1.165, 1.54) is 20.9 Å². The summed E-state index contributed by atoms with van der Waals surface area (Å²) in [5.74, 6) is 1.91. The highest BCUT2D eigenvalue weighted by Crippen LogP contribution is 2.25. The third-order valence-electron chi connectivity index (χ3n) is 4.37. The highest BCUT2D eigenvalue weighted by molar-refractivity contribution is 7.11. The second kappa shape index (κ2) is 8.39. The molecule has 3 rings (SSSR count). The zero-order valence-corrected chi connectivity index (χ0v) is 16.1. The molecule has 2 heterocycles. The van der Waals surface area contributed by atoms with Gasteiger partial charge in [-0.25, -0.2) is 0 Å². The van der Waals surface area contributed by atoms with E-state index in [0.29, 0.717) is 6.04 Å². The Morgan fingerprint density at radius 1 is 1.32 bits per heavy atom. The number of hydrogen-bond acceptors (Lipinski definition) is 3. The van der Waals surface area contributed by atoms with Crippen LogP contribution in [0.15, 0.2) is 35.3 Å². The average Bonchev–Trinajstić information content (AvgIpc) is 3.22. The number of benzene rings is 1. The van der Waals surface area contributed by atoms with Crippen molar-refractivity contribution >= 4 is 17.3 Å². The predicted octanol–water partition coefficient (Wildman–Crippen LogP) is 3.33. The van der Waals surface area contributed by atoms with E-state index in [-0.39, 0.29) is 0 Å². The minimum atomic E-state index is 0.349. The summed E-state index contributed by atoms with van der Waals surface area (Å²) in [5, 5.41) is 6.90. The summed E-state index contributed by atoms with van der Waals surface area (Å²) in [4.78, 5) is 7.12. The molecule has 0 amide bonds. The average molecular weight is 358 g/mol. The smallest absolute Gasteiger partial charge is 0.191 e. The van der Waals surface area contributed by atoms with Gasteiger partial charge in [0.1, 0.15) is 5.75 Å². The van der Waals surface area contributed by atoms with Crippen molar-refractivity contribution in [3.05, 3.63) is 51.2 Å². The number of nitrogens with one attached hydrogen (secondary N) is 2. The van der Waals surface area contributed by atoms with E-state index >= 15 is 0 Å². The number of guanidine groups is 1. The number of ether oxygens (including phenoxy) is 1. The van der Waals surface area contributed by atoms with Crippen LogP contribution in [0.2, 0.25) is 0 Å². The molecule has 1 aromatic heterocycles. The summed E-state index contributed by atoms with van der Waals surface area (Å²) in [6, 6.07) is 11.3. The Morgan fingerprint density at radius 3 is 2.96 bits per heavy atom. The summed E-state index contributed by atoms with van der Waals surface area (Å²) in [7, 11) is 1.82. The Hall–Kier alpha value is -2.01. The summed E-state index contributed by atoms with van der Waals surface area (Å²) < 4.78 is 5.56. The maximum absolute atomic E-state index is 5.56. The monoisotopic (exact) mass is 357 g/mol. The summed E-state index contributed by atoms with van der Waals surface area (Å²) in [5.41, 5.74) is 2.68. The molecule has 2 N–H and O–H groups in total. The fourth-order valence-corrected chi connectivity index (χ4v) is 4.12. The van der Waals surface area contributed by atoms with Crippen LogP contribution in [0.25, 0.3) is 0 Å². The van der Waals surface area contributed by atoms with E-state index in [2.05, 4.69) is 59.8 Å². The number of thiophene rings is 1. The zero-order valence-electron chi connectivity index (χ0n) is 15.3. The van der Waals surface area contributed by atoms with Gasteiger partial charge in [-0.15, -0.1) is 11.3 Å². The van der Waals surface area contributed by atoms with E-state index in [0.717, 1.165) is 44.1 Å². The largest absolute Gasteiger partial charge is 0.493 e. The highest BCUT2D eigenvalue weighted by atomic mass is 32.1. The van der Waals surface area contributed by atoms with Gasteiger partial charge in [-0.3, -0.25) is 4.99 Å². The lowest BCUT2D eigenvalue weighted by Crippen LogP contribution is -2.43. The first-order valence-corrected chi connectivity index (χ1v) is 9.73. The van der Waals surface area contributed by atoms with E-state index in [1.54, 1.807) is 0 Å². The molecule has 2 aromatic rings. The molecule has 0 spiro atoms. The first kappa shape index (κ1) is 17.8. The summed E-state index contributed by atoms with van der Waals surface area (Å²) in [6.07, 6.45) is 3.02. The molecule has 0 saturated heterocycles. The summed E-state index contributed by atoms with van der Waals surface area (Å²) in [6.45, 7) is 6.03. The third-order valence-corrected chi connectivity index (χ3v) is 5.39. The molecule has 1 aliphatic rings. The molecule has 1 aliphatic heterocycles. The lowest BCUT2D eigenvalue weighted by atomic mass is 10.1. The second-order valence-electron chi connectivity index (χ2n) is 6.55. The quantitative estimate of drug-likeness (QED) is 0.616. The molecule has 5 heteroatoms. The molecular weight excluding hydrogens is 330 g/mol. The van der Waals surface area contributed by atoms with Gasteiger partial charge in [-0.2, -0.15) is 0 Å². The molecule has 1 aromatic carbocycles. The van der Waals surface area contributed by atoms with Crippen molar-refractivity contribution in [2.45, 2.75) is 39.2 Å². The van der Waals surface area contributed by atoms with Gasteiger partial charge in [0.25, 0.3) is 0 Å². The van der Waals surface area contributed by atoms with Crippen molar-refractivity contribution < 1.29 is 4.74 Å². The molecule has 1 unspecified atom stereocenters. The van der Waals surface area contributed by atoms with Crippen LogP contribution in [0.1, 0.15) is 27.8 Å². The van der Waals surface area contributed by atoms with Crippen LogP contribution < -0.4 is 15.4 Å². The minimum absolute atomic E-state index is 0.349. The lowest BCUT2D eigenvalue weighted by Gasteiger charge is -2.17. The van der Waals surface area contributed by atoms with Crippen LogP contribution in [0.4, 0.5) is 0 Å². The van der Waals surface area contributed by atoms with E-state index in [1.807, 2.05) is 18.4 Å². The van der Waals surface area contributed by atoms with Gasteiger partial charge < -0.3 is 15.4 Å². The molecule has 0 fully saturated rings. The van der Waals surface area contributed by atoms with Gasteiger partial charge >= 0.3 is 0 Å². The SMILES string of the molecule is CN=C(NCCc1ccc2c(c1)CCO2)NC(C)Cc1ccc(C)s1.